The van der Waals surface area contributed by atoms with Crippen LogP contribution in [-0.4, -0.2) is 11.9 Å². The van der Waals surface area contributed by atoms with E-state index in [4.69, 9.17) is 0 Å². The van der Waals surface area contributed by atoms with Crippen molar-refractivity contribution in [3.8, 4) is 12.3 Å². The lowest BCUT2D eigenvalue weighted by Gasteiger charge is -2.01. The molecule has 0 N–H and O–H groups in total. The average Bonchev–Trinajstić information content (AvgIpc) is 1.85. The Bertz CT molecular complexity index is 248. The minimum Gasteiger partial charge on any atom is -0.243 e. The summed E-state index contributed by atoms with van der Waals surface area (Å²) in [6, 6.07) is 0. The highest BCUT2D eigenvalue weighted by atomic mass is 19.4. The molecule has 0 saturated carbocycles. The summed E-state index contributed by atoms with van der Waals surface area (Å²) in [4.78, 5) is 3.11. The molecule has 0 spiro atoms. The second kappa shape index (κ2) is 3.96. The van der Waals surface area contributed by atoms with Crippen LogP contribution < -0.4 is 0 Å². The molecule has 0 aliphatic rings. The van der Waals surface area contributed by atoms with Crippen LogP contribution in [0.3, 0.4) is 0 Å². The Labute approximate surface area is 69.0 Å². The normalized spacial score (nSPS) is 12.2. The van der Waals surface area contributed by atoms with E-state index in [1.54, 1.807) is 13.8 Å². The van der Waals surface area contributed by atoms with Crippen molar-refractivity contribution in [1.82, 2.24) is 0 Å². The summed E-state index contributed by atoms with van der Waals surface area (Å²) in [5, 5.41) is 0. The second-order valence-electron chi connectivity index (χ2n) is 2.33. The summed E-state index contributed by atoms with van der Waals surface area (Å²) in [7, 11) is 0. The molecule has 0 aliphatic carbocycles. The molecule has 0 amide bonds. The fourth-order valence-electron chi connectivity index (χ4n) is 0.386. The number of halogens is 3. The quantitative estimate of drug-likeness (QED) is 0.429. The van der Waals surface area contributed by atoms with Gasteiger partial charge in [0.2, 0.25) is 0 Å². The Kier molecular flexibility index (Phi) is 3.55. The maximum atomic E-state index is 11.9. The topological polar surface area (TPSA) is 12.4 Å². The van der Waals surface area contributed by atoms with Crippen LogP contribution in [0.25, 0.3) is 0 Å². The fourth-order valence-corrected chi connectivity index (χ4v) is 0.386. The molecule has 0 unspecified atom stereocenters. The van der Waals surface area contributed by atoms with Crippen LogP contribution in [-0.2, 0) is 0 Å². The SMILES string of the molecule is C#CC(=NC=C(C)C)C(F)(F)F. The molecule has 4 heteroatoms. The molecule has 0 aromatic heterocycles. The van der Waals surface area contributed by atoms with Gasteiger partial charge in [0.05, 0.1) is 0 Å². The highest BCUT2D eigenvalue weighted by Gasteiger charge is 2.34. The molecular formula is C8H8F3N. The summed E-state index contributed by atoms with van der Waals surface area (Å²) in [6.07, 6.45) is 1.17. The summed E-state index contributed by atoms with van der Waals surface area (Å²) in [5.74, 6) is 1.48. The Morgan fingerprint density at radius 2 is 1.92 bits per heavy atom. The first-order valence-electron chi connectivity index (χ1n) is 3.13. The first-order chi connectivity index (χ1) is 5.38. The number of hydrogen-bond donors (Lipinski definition) is 0. The first-order valence-corrected chi connectivity index (χ1v) is 3.13. The largest absolute Gasteiger partial charge is 0.441 e. The van der Waals surface area contributed by atoms with Gasteiger partial charge in [-0.15, -0.1) is 6.42 Å². The highest BCUT2D eigenvalue weighted by Crippen LogP contribution is 2.17. The molecule has 0 aromatic rings. The maximum Gasteiger partial charge on any atom is 0.441 e. The third-order valence-electron chi connectivity index (χ3n) is 0.857. The molecular weight excluding hydrogens is 167 g/mol. The molecule has 0 aliphatic heterocycles. The van der Waals surface area contributed by atoms with E-state index < -0.39 is 11.9 Å². The van der Waals surface area contributed by atoms with Crippen LogP contribution in [0.15, 0.2) is 16.8 Å². The van der Waals surface area contributed by atoms with Gasteiger partial charge in [0.25, 0.3) is 0 Å². The first kappa shape index (κ1) is 10.8. The summed E-state index contributed by atoms with van der Waals surface area (Å²) >= 11 is 0. The monoisotopic (exact) mass is 175 g/mol. The third kappa shape index (κ3) is 3.81. The minimum atomic E-state index is -4.53. The fraction of sp³-hybridized carbons (Fsp3) is 0.375. The van der Waals surface area contributed by atoms with Crippen molar-refractivity contribution in [3.63, 3.8) is 0 Å². The number of rotatable bonds is 1. The molecule has 1 nitrogen and oxygen atoms in total. The molecule has 0 radical (unpaired) electrons. The van der Waals surface area contributed by atoms with Crippen LogP contribution >= 0.6 is 0 Å². The van der Waals surface area contributed by atoms with Gasteiger partial charge in [-0.1, -0.05) is 5.57 Å². The minimum absolute atomic E-state index is 0.659. The number of nitrogens with zero attached hydrogens (tertiary/aromatic N) is 1. The van der Waals surface area contributed by atoms with Gasteiger partial charge in [0, 0.05) is 6.20 Å². The van der Waals surface area contributed by atoms with Gasteiger partial charge in [-0.25, -0.2) is 4.99 Å². The Morgan fingerprint density at radius 3 is 2.17 bits per heavy atom. The van der Waals surface area contributed by atoms with E-state index >= 15 is 0 Å². The number of allylic oxidation sites excluding steroid dienone is 1. The lowest BCUT2D eigenvalue weighted by Crippen LogP contribution is -2.20. The van der Waals surface area contributed by atoms with Crippen LogP contribution in [0.1, 0.15) is 13.8 Å². The second-order valence-corrected chi connectivity index (χ2v) is 2.33. The van der Waals surface area contributed by atoms with Gasteiger partial charge >= 0.3 is 6.18 Å². The number of alkyl halides is 3. The zero-order valence-corrected chi connectivity index (χ0v) is 6.74. The van der Waals surface area contributed by atoms with Gasteiger partial charge in [-0.2, -0.15) is 13.2 Å². The average molecular weight is 175 g/mol. The molecule has 0 atom stereocenters. The predicted octanol–water partition coefficient (Wildman–Crippen LogP) is 2.55. The van der Waals surface area contributed by atoms with Crippen molar-refractivity contribution in [2.45, 2.75) is 20.0 Å². The van der Waals surface area contributed by atoms with Crippen molar-refractivity contribution in [2.75, 3.05) is 0 Å². The molecule has 0 fully saturated rings. The van der Waals surface area contributed by atoms with Gasteiger partial charge < -0.3 is 0 Å². The molecule has 0 aromatic carbocycles. The van der Waals surface area contributed by atoms with E-state index in [-0.39, 0.29) is 0 Å². The molecule has 0 rings (SSSR count). The van der Waals surface area contributed by atoms with Crippen molar-refractivity contribution in [3.05, 3.63) is 11.8 Å². The summed E-state index contributed by atoms with van der Waals surface area (Å²) < 4.78 is 35.6. The van der Waals surface area contributed by atoms with Crippen LogP contribution in [0, 0.1) is 12.3 Å². The van der Waals surface area contributed by atoms with Gasteiger partial charge in [-0.05, 0) is 19.8 Å². The number of terminal acetylenes is 1. The zero-order chi connectivity index (χ0) is 9.78. The number of aliphatic imine (C=N–C) groups is 1. The molecule has 12 heavy (non-hydrogen) atoms. The van der Waals surface area contributed by atoms with E-state index in [0.29, 0.717) is 5.57 Å². The molecule has 0 heterocycles. The van der Waals surface area contributed by atoms with Crippen molar-refractivity contribution < 1.29 is 13.2 Å². The molecule has 0 saturated heterocycles. The van der Waals surface area contributed by atoms with Crippen LogP contribution in [0.4, 0.5) is 13.2 Å². The summed E-state index contributed by atoms with van der Waals surface area (Å²) in [5.41, 5.74) is -0.546. The van der Waals surface area contributed by atoms with Gasteiger partial charge in [-0.3, -0.25) is 0 Å². The van der Waals surface area contributed by atoms with E-state index in [2.05, 4.69) is 11.4 Å². The molecule has 66 valence electrons. The van der Waals surface area contributed by atoms with Crippen LogP contribution in [0.5, 0.6) is 0 Å². The Hall–Kier alpha value is -1.24. The zero-order valence-electron chi connectivity index (χ0n) is 6.74. The van der Waals surface area contributed by atoms with Gasteiger partial charge in [0.1, 0.15) is 0 Å². The third-order valence-corrected chi connectivity index (χ3v) is 0.857. The molecule has 0 bridgehead atoms. The van der Waals surface area contributed by atoms with Crippen molar-refractivity contribution >= 4 is 5.71 Å². The standard InChI is InChI=1S/C8H8F3N/c1-4-7(8(9,10)11)12-5-6(2)3/h1,5H,2-3H3. The van der Waals surface area contributed by atoms with E-state index in [0.717, 1.165) is 6.20 Å². The highest BCUT2D eigenvalue weighted by molar-refractivity contribution is 6.04. The maximum absolute atomic E-state index is 11.9. The Balaban J connectivity index is 4.72. The van der Waals surface area contributed by atoms with E-state index in [1.807, 2.05) is 0 Å². The van der Waals surface area contributed by atoms with Gasteiger partial charge in [0.15, 0.2) is 5.71 Å². The van der Waals surface area contributed by atoms with E-state index in [1.165, 1.54) is 5.92 Å². The summed E-state index contributed by atoms with van der Waals surface area (Å²) in [6.45, 7) is 3.27. The van der Waals surface area contributed by atoms with Crippen LogP contribution in [0.2, 0.25) is 0 Å². The Morgan fingerprint density at radius 1 is 1.42 bits per heavy atom. The lowest BCUT2D eigenvalue weighted by molar-refractivity contribution is -0.0571. The smallest absolute Gasteiger partial charge is 0.243 e. The predicted molar refractivity (Wildman–Crippen MR) is 41.8 cm³/mol. The number of hydrogen-bond acceptors (Lipinski definition) is 1. The van der Waals surface area contributed by atoms with Crippen molar-refractivity contribution in [1.29, 1.82) is 0 Å². The lowest BCUT2D eigenvalue weighted by atomic mass is 10.3. The van der Waals surface area contributed by atoms with Crippen molar-refractivity contribution in [2.24, 2.45) is 4.99 Å². The van der Waals surface area contributed by atoms with E-state index in [9.17, 15) is 13.2 Å².